The van der Waals surface area contributed by atoms with E-state index in [0.717, 1.165) is 109 Å². The predicted octanol–water partition coefficient (Wildman–Crippen LogP) is 16.1. The van der Waals surface area contributed by atoms with E-state index >= 15 is 0 Å². The van der Waals surface area contributed by atoms with Crippen molar-refractivity contribution >= 4 is 39.5 Å². The fourth-order valence-corrected chi connectivity index (χ4v) is 10.4. The van der Waals surface area contributed by atoms with Gasteiger partial charge in [-0.05, 0) is 37.5 Å². The maximum atomic E-state index is 12.9. The van der Waals surface area contributed by atoms with Gasteiger partial charge in [0.25, 0.3) is 0 Å². The van der Waals surface area contributed by atoms with Crippen molar-refractivity contribution in [2.45, 2.75) is 310 Å². The molecular weight excluding hydrogens is 1050 g/mol. The van der Waals surface area contributed by atoms with Crippen molar-refractivity contribution in [2.75, 3.05) is 39.6 Å². The SMILES string of the molecule is CCCCCCCCCCCC(=O)O[C@H](COC(=O)CCCCCCCCCC)COP(=O)(O)OC[C@H](O)COP(=O)(O)OC[C@@H](COC(=O)CCCCCCCCC(C)C)OC(=O)CCCCCCCCCCCCC(C)C. The van der Waals surface area contributed by atoms with E-state index in [9.17, 15) is 43.2 Å². The summed E-state index contributed by atoms with van der Waals surface area (Å²) in [6.45, 7) is 9.33. The molecule has 468 valence electrons. The molecule has 5 atom stereocenters. The summed E-state index contributed by atoms with van der Waals surface area (Å²) in [6, 6.07) is 0. The van der Waals surface area contributed by atoms with Gasteiger partial charge in [0, 0.05) is 25.7 Å². The van der Waals surface area contributed by atoms with Gasteiger partial charge in [0.15, 0.2) is 12.2 Å². The molecule has 0 heterocycles. The lowest BCUT2D eigenvalue weighted by molar-refractivity contribution is -0.161. The fraction of sp³-hybridized carbons (Fsp3) is 0.933. The molecule has 0 spiro atoms. The minimum absolute atomic E-state index is 0.105. The molecule has 0 saturated heterocycles. The summed E-state index contributed by atoms with van der Waals surface area (Å²) in [5.74, 6) is -0.713. The van der Waals surface area contributed by atoms with Crippen LogP contribution in [0.2, 0.25) is 0 Å². The first-order valence-electron chi connectivity index (χ1n) is 31.5. The Bertz CT molecular complexity index is 1560. The number of hydrogen-bond acceptors (Lipinski definition) is 15. The Morgan fingerprint density at radius 1 is 0.342 bits per heavy atom. The highest BCUT2D eigenvalue weighted by atomic mass is 31.2. The summed E-state index contributed by atoms with van der Waals surface area (Å²) in [4.78, 5) is 71.9. The Balaban J connectivity index is 5.22. The number of hydrogen-bond donors (Lipinski definition) is 3. The number of unbranched alkanes of at least 4 members (excludes halogenated alkanes) is 29. The van der Waals surface area contributed by atoms with E-state index in [1.165, 1.54) is 96.3 Å². The summed E-state index contributed by atoms with van der Waals surface area (Å²) in [5.41, 5.74) is 0. The number of aliphatic hydroxyl groups is 1. The van der Waals surface area contributed by atoms with Crippen LogP contribution in [-0.4, -0.2) is 96.7 Å². The second kappa shape index (κ2) is 52.8. The maximum Gasteiger partial charge on any atom is 0.472 e. The maximum absolute atomic E-state index is 12.9. The molecule has 0 aliphatic carbocycles. The quantitative estimate of drug-likeness (QED) is 0.0222. The van der Waals surface area contributed by atoms with Crippen LogP contribution in [0.4, 0.5) is 0 Å². The molecule has 0 aromatic rings. The van der Waals surface area contributed by atoms with Crippen LogP contribution in [-0.2, 0) is 65.4 Å². The molecule has 0 radical (unpaired) electrons. The lowest BCUT2D eigenvalue weighted by Crippen LogP contribution is -2.30. The molecule has 0 aliphatic heterocycles. The molecule has 0 amide bonds. The first kappa shape index (κ1) is 77.1. The van der Waals surface area contributed by atoms with Crippen LogP contribution in [0.25, 0.3) is 0 Å². The van der Waals surface area contributed by atoms with Gasteiger partial charge in [-0.2, -0.15) is 0 Å². The van der Waals surface area contributed by atoms with Crippen LogP contribution < -0.4 is 0 Å². The van der Waals surface area contributed by atoms with E-state index < -0.39 is 97.5 Å². The number of phosphoric acid groups is 2. The molecule has 0 fully saturated rings. The Morgan fingerprint density at radius 2 is 0.582 bits per heavy atom. The van der Waals surface area contributed by atoms with Crippen LogP contribution in [0.15, 0.2) is 0 Å². The largest absolute Gasteiger partial charge is 0.472 e. The summed E-state index contributed by atoms with van der Waals surface area (Å²) in [5, 5.41) is 10.5. The zero-order valence-corrected chi connectivity index (χ0v) is 52.4. The summed E-state index contributed by atoms with van der Waals surface area (Å²) in [6.07, 6.45) is 33.6. The van der Waals surface area contributed by atoms with Crippen LogP contribution in [0.5, 0.6) is 0 Å². The molecule has 0 saturated carbocycles. The second-order valence-corrected chi connectivity index (χ2v) is 25.6. The summed E-state index contributed by atoms with van der Waals surface area (Å²) >= 11 is 0. The predicted molar refractivity (Wildman–Crippen MR) is 312 cm³/mol. The summed E-state index contributed by atoms with van der Waals surface area (Å²) in [7, 11) is -9.87. The van der Waals surface area contributed by atoms with Crippen molar-refractivity contribution in [3.8, 4) is 0 Å². The first-order chi connectivity index (χ1) is 37.9. The number of phosphoric ester groups is 2. The number of rotatable bonds is 59. The third-order valence-electron chi connectivity index (χ3n) is 13.7. The normalized spacial score (nSPS) is 14.4. The number of carbonyl (C=O) groups is 4. The number of aliphatic hydroxyl groups excluding tert-OH is 1. The van der Waals surface area contributed by atoms with Crippen molar-refractivity contribution in [3.05, 3.63) is 0 Å². The highest BCUT2D eigenvalue weighted by Gasteiger charge is 2.30. The third kappa shape index (κ3) is 55.0. The highest BCUT2D eigenvalue weighted by molar-refractivity contribution is 7.47. The minimum atomic E-state index is -4.94. The van der Waals surface area contributed by atoms with Crippen LogP contribution in [0, 0.1) is 11.8 Å². The van der Waals surface area contributed by atoms with Gasteiger partial charge >= 0.3 is 39.5 Å². The molecule has 79 heavy (non-hydrogen) atoms. The Morgan fingerprint density at radius 3 is 0.861 bits per heavy atom. The molecule has 0 aromatic heterocycles. The monoisotopic (exact) mass is 1170 g/mol. The van der Waals surface area contributed by atoms with E-state index in [0.29, 0.717) is 31.6 Å². The van der Waals surface area contributed by atoms with Crippen LogP contribution in [0.1, 0.15) is 292 Å². The molecule has 2 unspecified atom stereocenters. The van der Waals surface area contributed by atoms with E-state index in [1.54, 1.807) is 0 Å². The van der Waals surface area contributed by atoms with E-state index in [4.69, 9.17) is 37.0 Å². The Hall–Kier alpha value is -1.94. The van der Waals surface area contributed by atoms with Crippen LogP contribution in [0.3, 0.4) is 0 Å². The standard InChI is InChI=1S/C60H116O17P2/c1-7-9-11-13-15-19-24-32-38-44-59(64)76-55(48-70-57(62)42-36-30-23-16-14-12-10-8-2)50-74-78(66,67)72-46-54(61)47-73-79(68,69)75-51-56(49-71-58(63)43-37-31-27-26-29-35-41-53(5)6)77-60(65)45-39-33-25-21-18-17-20-22-28-34-40-52(3)4/h52-56,61H,7-51H2,1-6H3,(H,66,67)(H,68,69)/t54-,55+,56+/m0/s1. The van der Waals surface area contributed by atoms with E-state index in [2.05, 4.69) is 41.5 Å². The van der Waals surface area contributed by atoms with Gasteiger partial charge < -0.3 is 33.8 Å². The molecule has 17 nitrogen and oxygen atoms in total. The average molecular weight is 1170 g/mol. The second-order valence-electron chi connectivity index (χ2n) is 22.7. The molecule has 0 aromatic carbocycles. The lowest BCUT2D eigenvalue weighted by atomic mass is 10.0. The average Bonchev–Trinajstić information content (AvgIpc) is 3.40. The topological polar surface area (TPSA) is 237 Å². The van der Waals surface area contributed by atoms with Gasteiger partial charge in [0.2, 0.25) is 0 Å². The van der Waals surface area contributed by atoms with Crippen molar-refractivity contribution in [1.82, 2.24) is 0 Å². The molecule has 3 N–H and O–H groups in total. The van der Waals surface area contributed by atoms with Gasteiger partial charge in [-0.25, -0.2) is 9.13 Å². The highest BCUT2D eigenvalue weighted by Crippen LogP contribution is 2.45. The fourth-order valence-electron chi connectivity index (χ4n) is 8.82. The smallest absolute Gasteiger partial charge is 0.462 e. The minimum Gasteiger partial charge on any atom is -0.462 e. The number of carbonyl (C=O) groups excluding carboxylic acids is 4. The zero-order valence-electron chi connectivity index (χ0n) is 50.7. The third-order valence-corrected chi connectivity index (χ3v) is 15.6. The van der Waals surface area contributed by atoms with Gasteiger partial charge in [-0.15, -0.1) is 0 Å². The molecule has 0 rings (SSSR count). The van der Waals surface area contributed by atoms with Gasteiger partial charge in [-0.1, -0.05) is 241 Å². The molecule has 19 heteroatoms. The lowest BCUT2D eigenvalue weighted by Gasteiger charge is -2.21. The number of ether oxygens (including phenoxy) is 4. The van der Waals surface area contributed by atoms with Gasteiger partial charge in [0.1, 0.15) is 19.3 Å². The van der Waals surface area contributed by atoms with E-state index in [1.807, 2.05) is 0 Å². The molecular formula is C60H116O17P2. The first-order valence-corrected chi connectivity index (χ1v) is 34.5. The van der Waals surface area contributed by atoms with Gasteiger partial charge in [0.05, 0.1) is 26.4 Å². The summed E-state index contributed by atoms with van der Waals surface area (Å²) < 4.78 is 67.7. The van der Waals surface area contributed by atoms with Crippen molar-refractivity contribution in [2.24, 2.45) is 11.8 Å². The Kier molecular flexibility index (Phi) is 51.5. The van der Waals surface area contributed by atoms with Crippen molar-refractivity contribution in [3.63, 3.8) is 0 Å². The number of esters is 4. The molecule has 0 aliphatic rings. The Labute approximate surface area is 479 Å². The molecule has 0 bridgehead atoms. The van der Waals surface area contributed by atoms with Crippen molar-refractivity contribution < 1.29 is 80.2 Å². The van der Waals surface area contributed by atoms with Gasteiger partial charge in [-0.3, -0.25) is 37.3 Å². The zero-order chi connectivity index (χ0) is 58.7. The van der Waals surface area contributed by atoms with E-state index in [-0.39, 0.29) is 25.7 Å². The van der Waals surface area contributed by atoms with Crippen molar-refractivity contribution in [1.29, 1.82) is 0 Å². The van der Waals surface area contributed by atoms with Crippen LogP contribution >= 0.6 is 15.6 Å².